The minimum absolute atomic E-state index is 0.122. The summed E-state index contributed by atoms with van der Waals surface area (Å²) >= 11 is 5.49. The Hall–Kier alpha value is 0.150. The molecular formula is C7H9ClF2. The molecule has 0 amide bonds. The van der Waals surface area contributed by atoms with Gasteiger partial charge in [0.25, 0.3) is 5.92 Å². The second-order valence-corrected chi connectivity index (χ2v) is 3.75. The molecule has 0 aliphatic heterocycles. The number of rotatable bonds is 0. The zero-order valence-corrected chi connectivity index (χ0v) is 6.24. The maximum atomic E-state index is 12.8. The van der Waals surface area contributed by atoms with Gasteiger partial charge in [0.15, 0.2) is 0 Å². The van der Waals surface area contributed by atoms with Crippen molar-refractivity contribution in [3.8, 4) is 0 Å². The van der Waals surface area contributed by atoms with E-state index >= 15 is 0 Å². The fourth-order valence-electron chi connectivity index (χ4n) is 2.19. The van der Waals surface area contributed by atoms with Crippen LogP contribution in [0.3, 0.4) is 0 Å². The highest BCUT2D eigenvalue weighted by Crippen LogP contribution is 2.58. The van der Waals surface area contributed by atoms with Gasteiger partial charge in [0.2, 0.25) is 0 Å². The standard InChI is InChI=1S/C7H9ClF2/c8-6-4-2-1-3-5(4)7(6,9)10/h4-6H,1-3H2. The van der Waals surface area contributed by atoms with E-state index in [2.05, 4.69) is 0 Å². The molecule has 0 N–H and O–H groups in total. The van der Waals surface area contributed by atoms with Crippen LogP contribution < -0.4 is 0 Å². The molecule has 2 rings (SSSR count). The van der Waals surface area contributed by atoms with Gasteiger partial charge in [-0.25, -0.2) is 8.78 Å². The summed E-state index contributed by atoms with van der Waals surface area (Å²) in [5.41, 5.74) is 0. The summed E-state index contributed by atoms with van der Waals surface area (Å²) in [6.07, 6.45) is 2.53. The highest BCUT2D eigenvalue weighted by molar-refractivity contribution is 6.22. The van der Waals surface area contributed by atoms with Crippen molar-refractivity contribution >= 4 is 11.6 Å². The van der Waals surface area contributed by atoms with Crippen molar-refractivity contribution < 1.29 is 8.78 Å². The highest BCUT2D eigenvalue weighted by Gasteiger charge is 2.64. The Balaban J connectivity index is 2.15. The van der Waals surface area contributed by atoms with E-state index in [0.717, 1.165) is 12.8 Å². The van der Waals surface area contributed by atoms with Crippen LogP contribution in [0.1, 0.15) is 19.3 Å². The van der Waals surface area contributed by atoms with E-state index in [0.29, 0.717) is 6.42 Å². The van der Waals surface area contributed by atoms with E-state index in [4.69, 9.17) is 11.6 Å². The first kappa shape index (κ1) is 6.84. The smallest absolute Gasteiger partial charge is 0.205 e. The molecule has 0 aromatic rings. The third kappa shape index (κ3) is 0.609. The van der Waals surface area contributed by atoms with E-state index in [1.165, 1.54) is 0 Å². The molecule has 0 heterocycles. The van der Waals surface area contributed by atoms with E-state index in [1.54, 1.807) is 0 Å². The summed E-state index contributed by atoms with van der Waals surface area (Å²) in [5, 5.41) is -0.861. The number of hydrogen-bond donors (Lipinski definition) is 0. The second kappa shape index (κ2) is 1.84. The van der Waals surface area contributed by atoms with Crippen LogP contribution in [0, 0.1) is 11.8 Å². The maximum absolute atomic E-state index is 12.8. The molecule has 3 unspecified atom stereocenters. The fraction of sp³-hybridized carbons (Fsp3) is 1.00. The molecule has 0 saturated heterocycles. The van der Waals surface area contributed by atoms with E-state index in [9.17, 15) is 8.78 Å². The van der Waals surface area contributed by atoms with Crippen LogP contribution in [0.2, 0.25) is 0 Å². The maximum Gasteiger partial charge on any atom is 0.267 e. The molecular weight excluding hydrogens is 158 g/mol. The third-order valence-corrected chi connectivity index (χ3v) is 3.42. The van der Waals surface area contributed by atoms with E-state index in [-0.39, 0.29) is 11.8 Å². The lowest BCUT2D eigenvalue weighted by atomic mass is 9.72. The van der Waals surface area contributed by atoms with Gasteiger partial charge in [0.1, 0.15) is 5.38 Å². The lowest BCUT2D eigenvalue weighted by Gasteiger charge is -2.45. The van der Waals surface area contributed by atoms with Crippen molar-refractivity contribution in [2.24, 2.45) is 11.8 Å². The summed E-state index contributed by atoms with van der Waals surface area (Å²) in [6, 6.07) is 0. The molecule has 2 saturated carbocycles. The largest absolute Gasteiger partial charge is 0.267 e. The zero-order chi connectivity index (χ0) is 7.35. The van der Waals surface area contributed by atoms with Crippen LogP contribution in [-0.4, -0.2) is 11.3 Å². The van der Waals surface area contributed by atoms with Gasteiger partial charge in [0, 0.05) is 5.92 Å². The Morgan fingerprint density at radius 3 is 2.60 bits per heavy atom. The molecule has 0 spiro atoms. The third-order valence-electron chi connectivity index (χ3n) is 2.81. The van der Waals surface area contributed by atoms with Crippen molar-refractivity contribution in [3.63, 3.8) is 0 Å². The zero-order valence-electron chi connectivity index (χ0n) is 5.49. The molecule has 0 bridgehead atoms. The van der Waals surface area contributed by atoms with Crippen molar-refractivity contribution in [2.45, 2.75) is 30.6 Å². The van der Waals surface area contributed by atoms with Crippen molar-refractivity contribution in [1.82, 2.24) is 0 Å². The van der Waals surface area contributed by atoms with Crippen LogP contribution in [0.15, 0.2) is 0 Å². The first-order valence-corrected chi connectivity index (χ1v) is 4.09. The first-order chi connectivity index (χ1) is 4.64. The minimum atomic E-state index is -2.55. The van der Waals surface area contributed by atoms with Gasteiger partial charge in [-0.1, -0.05) is 6.42 Å². The monoisotopic (exact) mass is 166 g/mol. The van der Waals surface area contributed by atoms with Crippen LogP contribution in [0.25, 0.3) is 0 Å². The highest BCUT2D eigenvalue weighted by atomic mass is 35.5. The van der Waals surface area contributed by atoms with E-state index < -0.39 is 11.3 Å². The number of alkyl halides is 3. The van der Waals surface area contributed by atoms with Crippen LogP contribution in [0.5, 0.6) is 0 Å². The SMILES string of the molecule is FC1(F)C(Cl)C2CCCC21. The molecule has 2 aliphatic carbocycles. The minimum Gasteiger partial charge on any atom is -0.205 e. The summed E-state index contributed by atoms with van der Waals surface area (Å²) in [4.78, 5) is 0. The van der Waals surface area contributed by atoms with Gasteiger partial charge in [-0.15, -0.1) is 11.6 Å². The Morgan fingerprint density at radius 2 is 2.00 bits per heavy atom. The lowest BCUT2D eigenvalue weighted by molar-refractivity contribution is -0.154. The Kier molecular flexibility index (Phi) is 1.26. The van der Waals surface area contributed by atoms with Gasteiger partial charge in [-0.2, -0.15) is 0 Å². The van der Waals surface area contributed by atoms with Gasteiger partial charge in [-0.05, 0) is 18.8 Å². The molecule has 0 radical (unpaired) electrons. The summed E-state index contributed by atoms with van der Waals surface area (Å²) < 4.78 is 25.5. The van der Waals surface area contributed by atoms with Crippen molar-refractivity contribution in [2.75, 3.05) is 0 Å². The second-order valence-electron chi connectivity index (χ2n) is 3.28. The van der Waals surface area contributed by atoms with Crippen LogP contribution in [0.4, 0.5) is 8.78 Å². The summed E-state index contributed by atoms with van der Waals surface area (Å²) in [7, 11) is 0. The van der Waals surface area contributed by atoms with E-state index in [1.807, 2.05) is 0 Å². The van der Waals surface area contributed by atoms with Crippen LogP contribution >= 0.6 is 11.6 Å². The topological polar surface area (TPSA) is 0 Å². The predicted octanol–water partition coefficient (Wildman–Crippen LogP) is 2.66. The normalized spacial score (nSPS) is 50.1. The van der Waals surface area contributed by atoms with Gasteiger partial charge >= 0.3 is 0 Å². The van der Waals surface area contributed by atoms with Gasteiger partial charge in [0.05, 0.1) is 0 Å². The summed E-state index contributed by atoms with van der Waals surface area (Å²) in [5.74, 6) is -2.81. The van der Waals surface area contributed by atoms with Gasteiger partial charge in [-0.3, -0.25) is 0 Å². The predicted molar refractivity (Wildman–Crippen MR) is 35.4 cm³/mol. The molecule has 0 aromatic carbocycles. The van der Waals surface area contributed by atoms with Crippen LogP contribution in [-0.2, 0) is 0 Å². The average molecular weight is 167 g/mol. The molecule has 3 atom stereocenters. The lowest BCUT2D eigenvalue weighted by Crippen LogP contribution is -2.55. The van der Waals surface area contributed by atoms with Gasteiger partial charge < -0.3 is 0 Å². The molecule has 2 fully saturated rings. The van der Waals surface area contributed by atoms with Crippen molar-refractivity contribution in [1.29, 1.82) is 0 Å². The molecule has 10 heavy (non-hydrogen) atoms. The number of fused-ring (bicyclic) bond motifs is 1. The Bertz CT molecular complexity index is 158. The Morgan fingerprint density at radius 1 is 1.30 bits per heavy atom. The molecule has 2 aliphatic rings. The Labute approximate surface area is 63.6 Å². The summed E-state index contributed by atoms with van der Waals surface area (Å²) in [6.45, 7) is 0. The number of halogens is 3. The quantitative estimate of drug-likeness (QED) is 0.486. The fourth-order valence-corrected chi connectivity index (χ4v) is 2.65. The molecule has 3 heteroatoms. The number of hydrogen-bond acceptors (Lipinski definition) is 0. The molecule has 58 valence electrons. The molecule has 0 nitrogen and oxygen atoms in total. The molecule has 0 aromatic heterocycles. The first-order valence-electron chi connectivity index (χ1n) is 3.66. The van der Waals surface area contributed by atoms with Crippen molar-refractivity contribution in [3.05, 3.63) is 0 Å². The average Bonchev–Trinajstić information content (AvgIpc) is 2.31.